The first-order valence-corrected chi connectivity index (χ1v) is 12.2. The van der Waals surface area contributed by atoms with E-state index in [4.69, 9.17) is 4.42 Å². The number of benzene rings is 2. The normalized spacial score (nSPS) is 16.9. The molecular formula is C29H34N2O4. The van der Waals surface area contributed by atoms with Crippen molar-refractivity contribution >= 4 is 11.6 Å². The van der Waals surface area contributed by atoms with Crippen molar-refractivity contribution in [2.75, 3.05) is 0 Å². The number of hydrogen-bond donors (Lipinski definition) is 1. The van der Waals surface area contributed by atoms with Crippen LogP contribution in [-0.2, 0) is 17.3 Å². The molecule has 1 heterocycles. The minimum absolute atomic E-state index is 0.0207. The van der Waals surface area contributed by atoms with Gasteiger partial charge in [-0.1, -0.05) is 52.0 Å². The van der Waals surface area contributed by atoms with E-state index in [0.717, 1.165) is 17.7 Å². The van der Waals surface area contributed by atoms with E-state index < -0.39 is 4.92 Å². The molecule has 0 spiro atoms. The molecule has 0 fully saturated rings. The Morgan fingerprint density at radius 1 is 1.03 bits per heavy atom. The highest BCUT2D eigenvalue weighted by Crippen LogP contribution is 2.46. The number of aryl methyl sites for hydroxylation is 1. The number of fused-ring (bicyclic) bond motifs is 1. The van der Waals surface area contributed by atoms with Gasteiger partial charge in [-0.15, -0.1) is 0 Å². The molecule has 6 heteroatoms. The summed E-state index contributed by atoms with van der Waals surface area (Å²) in [4.78, 5) is 23.2. The lowest BCUT2D eigenvalue weighted by Gasteiger charge is -2.42. The number of nitro groups is 1. The SMILES string of the molecule is Cc1cc2c(cc1Cc1ccc(C(=O)NC(C)c3ccc([N+](=O)[O-])cc3)o1)C(C)(C)CCC2(C)C. The van der Waals surface area contributed by atoms with E-state index in [0.29, 0.717) is 6.42 Å². The maximum Gasteiger partial charge on any atom is 0.287 e. The van der Waals surface area contributed by atoms with Crippen LogP contribution in [0.2, 0.25) is 0 Å². The number of hydrogen-bond acceptors (Lipinski definition) is 4. The molecule has 0 saturated heterocycles. The van der Waals surface area contributed by atoms with E-state index in [9.17, 15) is 14.9 Å². The van der Waals surface area contributed by atoms with Crippen LogP contribution in [0.3, 0.4) is 0 Å². The molecule has 1 N–H and O–H groups in total. The molecule has 1 aliphatic rings. The standard InChI is InChI=1S/C29H34N2O4/c1-18-15-24-25(29(5,6)14-13-28(24,3)4)17-21(18)16-23-11-12-26(35-23)27(32)30-19(2)20-7-9-22(10-8-20)31(33)34/h7-12,15,17,19H,13-14,16H2,1-6H3,(H,30,32). The molecule has 0 saturated carbocycles. The fraction of sp³-hybridized carbons (Fsp3) is 0.414. The van der Waals surface area contributed by atoms with Gasteiger partial charge in [0.05, 0.1) is 11.0 Å². The van der Waals surface area contributed by atoms with Crippen LogP contribution in [0.25, 0.3) is 0 Å². The zero-order valence-corrected chi connectivity index (χ0v) is 21.4. The summed E-state index contributed by atoms with van der Waals surface area (Å²) in [7, 11) is 0. The molecule has 1 atom stereocenters. The molecule has 6 nitrogen and oxygen atoms in total. The molecule has 0 aliphatic heterocycles. The Morgan fingerprint density at radius 3 is 2.23 bits per heavy atom. The third kappa shape index (κ3) is 5.02. The maximum absolute atomic E-state index is 12.8. The minimum atomic E-state index is -0.441. The second-order valence-electron chi connectivity index (χ2n) is 11.1. The quantitative estimate of drug-likeness (QED) is 0.310. The molecule has 1 amide bonds. The number of rotatable bonds is 6. The lowest BCUT2D eigenvalue weighted by Crippen LogP contribution is -2.34. The molecule has 1 aliphatic carbocycles. The summed E-state index contributed by atoms with van der Waals surface area (Å²) < 4.78 is 5.93. The summed E-state index contributed by atoms with van der Waals surface area (Å²) in [6.45, 7) is 13.3. The van der Waals surface area contributed by atoms with Gasteiger partial charge in [0.15, 0.2) is 5.76 Å². The zero-order valence-electron chi connectivity index (χ0n) is 21.4. The first-order valence-electron chi connectivity index (χ1n) is 12.2. The highest BCUT2D eigenvalue weighted by Gasteiger charge is 2.37. The monoisotopic (exact) mass is 474 g/mol. The van der Waals surface area contributed by atoms with Crippen LogP contribution >= 0.6 is 0 Å². The average molecular weight is 475 g/mol. The Labute approximate surface area is 206 Å². The van der Waals surface area contributed by atoms with Crippen molar-refractivity contribution in [2.45, 2.75) is 77.7 Å². The molecular weight excluding hydrogens is 440 g/mol. The molecule has 184 valence electrons. The van der Waals surface area contributed by atoms with Gasteiger partial charge in [-0.3, -0.25) is 14.9 Å². The Bertz CT molecular complexity index is 1270. The molecule has 1 unspecified atom stereocenters. The Hall–Kier alpha value is -3.41. The topological polar surface area (TPSA) is 85.4 Å². The zero-order chi connectivity index (χ0) is 25.5. The molecule has 2 aromatic carbocycles. The number of furan rings is 1. The van der Waals surface area contributed by atoms with Gasteiger partial charge in [0.25, 0.3) is 11.6 Å². The fourth-order valence-corrected chi connectivity index (χ4v) is 4.98. The van der Waals surface area contributed by atoms with E-state index in [1.54, 1.807) is 18.2 Å². The first kappa shape index (κ1) is 24.7. The van der Waals surface area contributed by atoms with Crippen LogP contribution in [0.5, 0.6) is 0 Å². The smallest absolute Gasteiger partial charge is 0.287 e. The minimum Gasteiger partial charge on any atom is -0.456 e. The van der Waals surface area contributed by atoms with E-state index in [1.807, 2.05) is 13.0 Å². The number of carbonyl (C=O) groups excluding carboxylic acids is 1. The van der Waals surface area contributed by atoms with Crippen LogP contribution in [0.15, 0.2) is 52.9 Å². The Kier molecular flexibility index (Phi) is 6.34. The number of nitrogens with zero attached hydrogens (tertiary/aromatic N) is 1. The molecule has 1 aromatic heterocycles. The molecule has 4 rings (SSSR count). The predicted molar refractivity (Wildman–Crippen MR) is 137 cm³/mol. The van der Waals surface area contributed by atoms with Gasteiger partial charge in [0.2, 0.25) is 0 Å². The lowest BCUT2D eigenvalue weighted by atomic mass is 9.62. The van der Waals surface area contributed by atoms with Gasteiger partial charge in [-0.2, -0.15) is 0 Å². The summed E-state index contributed by atoms with van der Waals surface area (Å²) in [5.41, 5.74) is 6.42. The number of non-ortho nitro benzene ring substituents is 1. The van der Waals surface area contributed by atoms with Crippen LogP contribution < -0.4 is 5.32 Å². The van der Waals surface area contributed by atoms with Crippen LogP contribution in [0, 0.1) is 17.0 Å². The van der Waals surface area contributed by atoms with E-state index in [-0.39, 0.29) is 34.2 Å². The van der Waals surface area contributed by atoms with Gasteiger partial charge in [0, 0.05) is 18.6 Å². The summed E-state index contributed by atoms with van der Waals surface area (Å²) in [6, 6.07) is 14.1. The summed E-state index contributed by atoms with van der Waals surface area (Å²) in [5.74, 6) is 0.687. The van der Waals surface area contributed by atoms with Crippen LogP contribution in [0.4, 0.5) is 5.69 Å². The summed E-state index contributed by atoms with van der Waals surface area (Å²) >= 11 is 0. The second kappa shape index (κ2) is 8.99. The van der Waals surface area contributed by atoms with E-state index in [1.165, 1.54) is 40.8 Å². The lowest BCUT2D eigenvalue weighted by molar-refractivity contribution is -0.384. The summed E-state index contributed by atoms with van der Waals surface area (Å²) in [6.07, 6.45) is 2.97. The fourth-order valence-electron chi connectivity index (χ4n) is 4.98. The largest absolute Gasteiger partial charge is 0.456 e. The van der Waals surface area contributed by atoms with E-state index in [2.05, 4.69) is 52.1 Å². The summed E-state index contributed by atoms with van der Waals surface area (Å²) in [5, 5.41) is 13.8. The van der Waals surface area contributed by atoms with Crippen molar-refractivity contribution in [2.24, 2.45) is 0 Å². The van der Waals surface area contributed by atoms with Crippen molar-refractivity contribution < 1.29 is 14.1 Å². The highest BCUT2D eigenvalue weighted by molar-refractivity contribution is 5.91. The number of nitro benzene ring substituents is 1. The van der Waals surface area contributed by atoms with E-state index >= 15 is 0 Å². The van der Waals surface area contributed by atoms with Gasteiger partial charge in [-0.25, -0.2) is 0 Å². The number of amides is 1. The molecule has 3 aromatic rings. The van der Waals surface area contributed by atoms with Crippen molar-refractivity contribution in [3.05, 3.63) is 98.0 Å². The Balaban J connectivity index is 1.49. The van der Waals surface area contributed by atoms with Gasteiger partial charge in [0.1, 0.15) is 5.76 Å². The molecule has 0 bridgehead atoms. The van der Waals surface area contributed by atoms with Crippen molar-refractivity contribution in [1.82, 2.24) is 5.32 Å². The van der Waals surface area contributed by atoms with Crippen LogP contribution in [0.1, 0.15) is 97.6 Å². The van der Waals surface area contributed by atoms with Gasteiger partial charge >= 0.3 is 0 Å². The van der Waals surface area contributed by atoms with Gasteiger partial charge in [-0.05, 0) is 77.5 Å². The third-order valence-corrected chi connectivity index (χ3v) is 7.51. The number of carbonyl (C=O) groups is 1. The third-order valence-electron chi connectivity index (χ3n) is 7.51. The Morgan fingerprint density at radius 2 is 1.63 bits per heavy atom. The van der Waals surface area contributed by atoms with Crippen molar-refractivity contribution in [3.63, 3.8) is 0 Å². The molecule has 0 radical (unpaired) electrons. The van der Waals surface area contributed by atoms with Crippen LogP contribution in [-0.4, -0.2) is 10.8 Å². The number of nitrogens with one attached hydrogen (secondary N) is 1. The van der Waals surface area contributed by atoms with Crippen molar-refractivity contribution in [1.29, 1.82) is 0 Å². The molecule has 35 heavy (non-hydrogen) atoms. The second-order valence-corrected chi connectivity index (χ2v) is 11.1. The van der Waals surface area contributed by atoms with Crippen molar-refractivity contribution in [3.8, 4) is 0 Å². The highest BCUT2D eigenvalue weighted by atomic mass is 16.6. The average Bonchev–Trinajstić information content (AvgIpc) is 3.27. The predicted octanol–water partition coefficient (Wildman–Crippen LogP) is 6.93. The van der Waals surface area contributed by atoms with Gasteiger partial charge < -0.3 is 9.73 Å². The maximum atomic E-state index is 12.8. The first-order chi connectivity index (χ1) is 16.4.